The molecule has 2 nitrogen and oxygen atoms in total. The molecule has 1 aromatic rings. The molecule has 0 amide bonds. The number of imidazole rings is 1. The molecule has 1 rings (SSSR count). The van der Waals surface area contributed by atoms with Gasteiger partial charge in [0.15, 0.2) is 0 Å². The summed E-state index contributed by atoms with van der Waals surface area (Å²) in [4.78, 5) is 6.68. The Labute approximate surface area is 39.7 Å². The van der Waals surface area contributed by atoms with Gasteiger partial charge in [0.25, 0.3) is 0 Å². The summed E-state index contributed by atoms with van der Waals surface area (Å²) >= 11 is 0. The van der Waals surface area contributed by atoms with Crippen molar-refractivity contribution < 1.29 is 1.43 Å². The lowest BCUT2D eigenvalue weighted by atomic mass is 11.0. The number of aromatic amines is 1. The molecule has 1 atom stereocenters. The first-order chi connectivity index (χ1) is 2.89. The van der Waals surface area contributed by atoms with Gasteiger partial charge in [-0.15, -0.1) is 0 Å². The van der Waals surface area contributed by atoms with Crippen LogP contribution >= 0.6 is 9.24 Å². The van der Waals surface area contributed by atoms with Crippen LogP contribution in [0.3, 0.4) is 0 Å². The number of hydrogen-bond donors (Lipinski definition) is 1. The number of aromatic nitrogens is 2. The van der Waals surface area contributed by atoms with Crippen molar-refractivity contribution >= 4 is 14.8 Å². The molecule has 0 saturated carbocycles. The molecule has 0 aliphatic heterocycles. The summed E-state index contributed by atoms with van der Waals surface area (Å²) in [5, 5.41) is 0. The monoisotopic (exact) mass is 101 g/mol. The van der Waals surface area contributed by atoms with Crippen molar-refractivity contribution in [3.63, 3.8) is 0 Å². The van der Waals surface area contributed by atoms with Crippen LogP contribution in [0.4, 0.5) is 0 Å². The summed E-state index contributed by atoms with van der Waals surface area (Å²) in [5.74, 6) is 0. The van der Waals surface area contributed by atoms with Crippen LogP contribution < -0.4 is 5.57 Å². The molecule has 1 heterocycles. The lowest BCUT2D eigenvalue weighted by Gasteiger charge is -1.68. The highest BCUT2D eigenvalue weighted by Crippen LogP contribution is 1.74. The van der Waals surface area contributed by atoms with E-state index in [1.807, 2.05) is 0 Å². The Morgan fingerprint density at radius 2 is 2.83 bits per heavy atom. The van der Waals surface area contributed by atoms with E-state index in [2.05, 4.69) is 19.2 Å². The van der Waals surface area contributed by atoms with Gasteiger partial charge in [-0.1, -0.05) is 9.24 Å². The topological polar surface area (TPSA) is 28.7 Å². The van der Waals surface area contributed by atoms with Gasteiger partial charge in [0.05, 0.1) is 0 Å². The van der Waals surface area contributed by atoms with Crippen molar-refractivity contribution in [2.24, 2.45) is 0 Å². The van der Waals surface area contributed by atoms with Gasteiger partial charge in [-0.05, 0) is 0 Å². The molecule has 1 aromatic heterocycles. The van der Waals surface area contributed by atoms with Crippen LogP contribution in [0.1, 0.15) is 1.43 Å². The lowest BCUT2D eigenvalue weighted by molar-refractivity contribution is 1.42. The molecule has 1 N–H and O–H groups in total. The Morgan fingerprint density at radius 3 is 3.00 bits per heavy atom. The van der Waals surface area contributed by atoms with Crippen molar-refractivity contribution in [2.75, 3.05) is 0 Å². The fourth-order valence-corrected chi connectivity index (χ4v) is 0.460. The van der Waals surface area contributed by atoms with Crippen molar-refractivity contribution in [3.8, 4) is 0 Å². The second kappa shape index (κ2) is 1.39. The lowest BCUT2D eigenvalue weighted by Crippen LogP contribution is -1.90. The van der Waals surface area contributed by atoms with Crippen molar-refractivity contribution in [1.82, 2.24) is 9.97 Å². The minimum Gasteiger partial charge on any atom is -0.345 e. The van der Waals surface area contributed by atoms with E-state index in [0.29, 0.717) is 0 Å². The van der Waals surface area contributed by atoms with E-state index < -0.39 is 0 Å². The van der Waals surface area contributed by atoms with E-state index >= 15 is 0 Å². The average Bonchev–Trinajstić information content (AvgIpc) is 1.86. The zero-order valence-electron chi connectivity index (χ0n) is 4.18. The highest BCUT2D eigenvalue weighted by Gasteiger charge is 1.73. The van der Waals surface area contributed by atoms with E-state index in [0.717, 1.165) is 5.57 Å². The van der Waals surface area contributed by atoms with Gasteiger partial charge in [0.2, 0.25) is 0 Å². The summed E-state index contributed by atoms with van der Waals surface area (Å²) in [6.07, 6.45) is 3.49. The van der Waals surface area contributed by atoms with Gasteiger partial charge in [0, 0.05) is 12.4 Å². The van der Waals surface area contributed by atoms with Crippen LogP contribution in [-0.2, 0) is 0 Å². The average molecular weight is 101 g/mol. The SMILES string of the molecule is Pc1ncc[nH]1.[H+]. The molecule has 0 aliphatic carbocycles. The van der Waals surface area contributed by atoms with Crippen LogP contribution in [0.5, 0.6) is 0 Å². The minimum atomic E-state index is 0. The molecular formula is C3H6N2P+. The van der Waals surface area contributed by atoms with Crippen LogP contribution in [0, 0.1) is 0 Å². The van der Waals surface area contributed by atoms with Crippen molar-refractivity contribution in [3.05, 3.63) is 12.4 Å². The van der Waals surface area contributed by atoms with Crippen molar-refractivity contribution in [2.45, 2.75) is 0 Å². The third-order valence-corrected chi connectivity index (χ3v) is 0.835. The third-order valence-electron chi connectivity index (χ3n) is 0.519. The maximum absolute atomic E-state index is 3.82. The summed E-state index contributed by atoms with van der Waals surface area (Å²) in [5.41, 5.74) is 0.884. The maximum Gasteiger partial charge on any atom is 1.00 e. The number of nitrogens with zero attached hydrogens (tertiary/aromatic N) is 1. The molecule has 3 heteroatoms. The Kier molecular flexibility index (Phi) is 0.887. The quantitative estimate of drug-likeness (QED) is 0.458. The van der Waals surface area contributed by atoms with Gasteiger partial charge in [-0.2, -0.15) is 0 Å². The van der Waals surface area contributed by atoms with E-state index in [-0.39, 0.29) is 1.43 Å². The maximum atomic E-state index is 3.82. The molecule has 0 aromatic carbocycles. The second-order valence-corrected chi connectivity index (χ2v) is 1.52. The molecule has 6 heavy (non-hydrogen) atoms. The first kappa shape index (κ1) is 3.82. The summed E-state index contributed by atoms with van der Waals surface area (Å²) < 4.78 is 0. The predicted octanol–water partition coefficient (Wildman–Crippen LogP) is 0.0226. The molecular weight excluding hydrogens is 95.0 g/mol. The number of nitrogens with one attached hydrogen (secondary N) is 1. The van der Waals surface area contributed by atoms with E-state index in [4.69, 9.17) is 0 Å². The molecule has 0 aliphatic rings. The molecule has 0 fully saturated rings. The second-order valence-electron chi connectivity index (χ2n) is 0.974. The van der Waals surface area contributed by atoms with Gasteiger partial charge in [-0.3, -0.25) is 0 Å². The standard InChI is InChI=1S/C3H5N2P/c6-3-4-1-2-5-3/h1-2H,6H2,(H,4,5)/p+1. The Balaban J connectivity index is 0.000000360. The van der Waals surface area contributed by atoms with E-state index in [1.165, 1.54) is 0 Å². The normalized spacial score (nSPS) is 8.83. The van der Waals surface area contributed by atoms with Gasteiger partial charge >= 0.3 is 1.43 Å². The Bertz CT molecular complexity index is 116. The van der Waals surface area contributed by atoms with E-state index in [9.17, 15) is 0 Å². The fraction of sp³-hybridized carbons (Fsp3) is 0. The highest BCUT2D eigenvalue weighted by atomic mass is 31.0. The number of rotatable bonds is 0. The van der Waals surface area contributed by atoms with Crippen LogP contribution in [0.15, 0.2) is 12.4 Å². The number of hydrogen-bond acceptors (Lipinski definition) is 1. The van der Waals surface area contributed by atoms with Crippen LogP contribution in [0.2, 0.25) is 0 Å². The van der Waals surface area contributed by atoms with Gasteiger partial charge in [0.1, 0.15) is 5.57 Å². The largest absolute Gasteiger partial charge is 1.00 e. The molecule has 32 valence electrons. The summed E-state index contributed by atoms with van der Waals surface area (Å²) in [7, 11) is 2.45. The predicted molar refractivity (Wildman–Crippen MR) is 29.0 cm³/mol. The molecule has 0 saturated heterocycles. The Morgan fingerprint density at radius 1 is 2.00 bits per heavy atom. The molecule has 0 bridgehead atoms. The third kappa shape index (κ3) is 0.575. The first-order valence-electron chi connectivity index (χ1n) is 1.64. The van der Waals surface area contributed by atoms with Crippen LogP contribution in [0.25, 0.3) is 0 Å². The summed E-state index contributed by atoms with van der Waals surface area (Å²) in [6.45, 7) is 0. The summed E-state index contributed by atoms with van der Waals surface area (Å²) in [6, 6.07) is 0. The smallest absolute Gasteiger partial charge is 0.345 e. The minimum absolute atomic E-state index is 0. The fourth-order valence-electron chi connectivity index (χ4n) is 0.277. The number of H-pyrrole nitrogens is 1. The molecule has 0 spiro atoms. The van der Waals surface area contributed by atoms with Crippen molar-refractivity contribution in [1.29, 1.82) is 0 Å². The van der Waals surface area contributed by atoms with Crippen LogP contribution in [-0.4, -0.2) is 9.97 Å². The van der Waals surface area contributed by atoms with E-state index in [1.54, 1.807) is 12.4 Å². The molecule has 0 radical (unpaired) electrons. The zero-order chi connectivity index (χ0) is 4.41. The Hall–Kier alpha value is -0.360. The van der Waals surface area contributed by atoms with Gasteiger partial charge < -0.3 is 4.98 Å². The first-order valence-corrected chi connectivity index (χ1v) is 2.22. The molecule has 1 unspecified atom stereocenters. The van der Waals surface area contributed by atoms with Gasteiger partial charge in [-0.25, -0.2) is 4.98 Å². The highest BCUT2D eigenvalue weighted by molar-refractivity contribution is 7.26. The zero-order valence-corrected chi connectivity index (χ0v) is 4.33.